The topological polar surface area (TPSA) is 52.9 Å². The van der Waals surface area contributed by atoms with E-state index < -0.39 is 18.1 Å². The maximum Gasteiger partial charge on any atom is 0.287 e. The second kappa shape index (κ2) is 4.97. The number of hydrogen-bond donors (Lipinski definition) is 1. The SMILES string of the molecule is CC1=NN(C(=O)c2ccc(Br)cc2)[C@@](O)(C(F)F)C1. The summed E-state index contributed by atoms with van der Waals surface area (Å²) in [5, 5.41) is 14.1. The summed E-state index contributed by atoms with van der Waals surface area (Å²) < 4.78 is 26.7. The van der Waals surface area contributed by atoms with Crippen molar-refractivity contribution >= 4 is 27.5 Å². The van der Waals surface area contributed by atoms with Crippen molar-refractivity contribution in [3.05, 3.63) is 34.3 Å². The number of carbonyl (C=O) groups excluding carboxylic acids is 1. The number of alkyl halides is 2. The Morgan fingerprint density at radius 2 is 2.05 bits per heavy atom. The Bertz CT molecular complexity index is 533. The van der Waals surface area contributed by atoms with Gasteiger partial charge in [0.2, 0.25) is 5.72 Å². The molecule has 102 valence electrons. The third-order valence-corrected chi connectivity index (χ3v) is 3.32. The molecule has 0 fully saturated rings. The van der Waals surface area contributed by atoms with E-state index in [-0.39, 0.29) is 17.7 Å². The normalized spacial score (nSPS) is 22.8. The lowest BCUT2D eigenvalue weighted by Crippen LogP contribution is -2.51. The van der Waals surface area contributed by atoms with Crippen LogP contribution in [0.25, 0.3) is 0 Å². The summed E-state index contributed by atoms with van der Waals surface area (Å²) in [4.78, 5) is 12.1. The second-order valence-electron chi connectivity index (χ2n) is 4.32. The van der Waals surface area contributed by atoms with Gasteiger partial charge in [0, 0.05) is 22.2 Å². The minimum atomic E-state index is -3.09. The third-order valence-electron chi connectivity index (χ3n) is 2.79. The summed E-state index contributed by atoms with van der Waals surface area (Å²) in [6, 6.07) is 6.17. The van der Waals surface area contributed by atoms with Gasteiger partial charge < -0.3 is 5.11 Å². The highest BCUT2D eigenvalue weighted by molar-refractivity contribution is 9.10. The maximum atomic E-state index is 13.0. The van der Waals surface area contributed by atoms with E-state index in [2.05, 4.69) is 21.0 Å². The lowest BCUT2D eigenvalue weighted by molar-refractivity contribution is -0.164. The van der Waals surface area contributed by atoms with Gasteiger partial charge in [0.1, 0.15) is 0 Å². The molecule has 1 heterocycles. The summed E-state index contributed by atoms with van der Waals surface area (Å²) in [6.45, 7) is 1.49. The minimum absolute atomic E-state index is 0.181. The van der Waals surface area contributed by atoms with Crippen molar-refractivity contribution in [2.75, 3.05) is 0 Å². The fourth-order valence-corrected chi connectivity index (χ4v) is 2.11. The van der Waals surface area contributed by atoms with Crippen LogP contribution >= 0.6 is 15.9 Å². The van der Waals surface area contributed by atoms with Crippen LogP contribution in [-0.4, -0.2) is 33.9 Å². The lowest BCUT2D eigenvalue weighted by atomic mass is 10.1. The van der Waals surface area contributed by atoms with Crippen molar-refractivity contribution in [3.8, 4) is 0 Å². The molecule has 1 amide bonds. The number of aliphatic hydroxyl groups is 1. The molecule has 1 aliphatic heterocycles. The first kappa shape index (κ1) is 14.1. The largest absolute Gasteiger partial charge is 0.364 e. The number of amides is 1. The van der Waals surface area contributed by atoms with Gasteiger partial charge in [0.25, 0.3) is 12.3 Å². The van der Waals surface area contributed by atoms with Gasteiger partial charge in [0.05, 0.1) is 0 Å². The molecular formula is C12H11BrF2N2O2. The second-order valence-corrected chi connectivity index (χ2v) is 5.23. The average Bonchev–Trinajstić information content (AvgIpc) is 2.66. The Balaban J connectivity index is 2.34. The number of nitrogens with zero attached hydrogens (tertiary/aromatic N) is 2. The van der Waals surface area contributed by atoms with Crippen LogP contribution < -0.4 is 0 Å². The predicted molar refractivity (Wildman–Crippen MR) is 69.0 cm³/mol. The average molecular weight is 333 g/mol. The molecule has 1 N–H and O–H groups in total. The molecule has 0 radical (unpaired) electrons. The molecule has 0 spiro atoms. The fourth-order valence-electron chi connectivity index (χ4n) is 1.85. The summed E-state index contributed by atoms with van der Waals surface area (Å²) in [5.41, 5.74) is -2.09. The quantitative estimate of drug-likeness (QED) is 0.905. The zero-order valence-corrected chi connectivity index (χ0v) is 11.6. The predicted octanol–water partition coefficient (Wildman–Crippen LogP) is 2.62. The van der Waals surface area contributed by atoms with Crippen LogP contribution in [0.5, 0.6) is 0 Å². The van der Waals surface area contributed by atoms with Gasteiger partial charge in [-0.15, -0.1) is 0 Å². The molecule has 0 unspecified atom stereocenters. The maximum absolute atomic E-state index is 13.0. The molecule has 1 aromatic rings. The third kappa shape index (κ3) is 2.52. The van der Waals surface area contributed by atoms with Crippen LogP contribution in [0.4, 0.5) is 8.78 Å². The van der Waals surface area contributed by atoms with Crippen molar-refractivity contribution < 1.29 is 18.7 Å². The first-order valence-electron chi connectivity index (χ1n) is 5.49. The van der Waals surface area contributed by atoms with Crippen molar-refractivity contribution in [3.63, 3.8) is 0 Å². The van der Waals surface area contributed by atoms with E-state index in [0.717, 1.165) is 4.47 Å². The van der Waals surface area contributed by atoms with Crippen molar-refractivity contribution in [2.45, 2.75) is 25.5 Å². The summed E-state index contributed by atoms with van der Waals surface area (Å²) >= 11 is 3.21. The molecule has 0 saturated heterocycles. The van der Waals surface area contributed by atoms with E-state index >= 15 is 0 Å². The Morgan fingerprint density at radius 1 is 1.47 bits per heavy atom. The molecule has 0 aliphatic carbocycles. The van der Waals surface area contributed by atoms with Crippen molar-refractivity contribution in [1.82, 2.24) is 5.01 Å². The fraction of sp³-hybridized carbons (Fsp3) is 0.333. The molecule has 1 aromatic carbocycles. The Kier molecular flexibility index (Phi) is 3.69. The van der Waals surface area contributed by atoms with Crippen LogP contribution in [0.2, 0.25) is 0 Å². The van der Waals surface area contributed by atoms with Gasteiger partial charge in [-0.2, -0.15) is 10.1 Å². The number of hydrogen-bond acceptors (Lipinski definition) is 3. The molecule has 4 nitrogen and oxygen atoms in total. The standard InChI is InChI=1S/C12H11BrF2N2O2/c1-7-6-12(19,11(14)15)17(16-7)10(18)8-2-4-9(13)5-3-8/h2-5,11,19H,6H2,1H3/t12-/m0/s1. The first-order chi connectivity index (χ1) is 8.84. The highest BCUT2D eigenvalue weighted by Gasteiger charge is 2.51. The monoisotopic (exact) mass is 332 g/mol. The van der Waals surface area contributed by atoms with Crippen molar-refractivity contribution in [2.24, 2.45) is 5.10 Å². The van der Waals surface area contributed by atoms with Gasteiger partial charge in [-0.25, -0.2) is 8.78 Å². The number of carbonyl (C=O) groups is 1. The van der Waals surface area contributed by atoms with Gasteiger partial charge in [-0.05, 0) is 31.2 Å². The Hall–Kier alpha value is -1.34. The van der Waals surface area contributed by atoms with Crippen LogP contribution in [-0.2, 0) is 0 Å². The Morgan fingerprint density at radius 3 is 2.58 bits per heavy atom. The van der Waals surface area contributed by atoms with E-state index in [0.29, 0.717) is 5.01 Å². The molecule has 1 atom stereocenters. The number of benzene rings is 1. The Labute approximate surface area is 116 Å². The summed E-state index contributed by atoms with van der Waals surface area (Å²) in [7, 11) is 0. The number of rotatable bonds is 2. The van der Waals surface area contributed by atoms with Crippen LogP contribution in [0.15, 0.2) is 33.8 Å². The van der Waals surface area contributed by atoms with E-state index in [1.165, 1.54) is 19.1 Å². The first-order valence-corrected chi connectivity index (χ1v) is 6.28. The number of halogens is 3. The van der Waals surface area contributed by atoms with Crippen LogP contribution in [0.1, 0.15) is 23.7 Å². The zero-order chi connectivity index (χ0) is 14.2. The van der Waals surface area contributed by atoms with Crippen molar-refractivity contribution in [1.29, 1.82) is 0 Å². The summed E-state index contributed by atoms with van der Waals surface area (Å²) in [6.07, 6.45) is -3.44. The summed E-state index contributed by atoms with van der Waals surface area (Å²) in [5.74, 6) is -0.757. The molecule has 2 rings (SSSR count). The van der Waals surface area contributed by atoms with Gasteiger partial charge in [0.15, 0.2) is 0 Å². The van der Waals surface area contributed by atoms with Crippen LogP contribution in [0, 0.1) is 0 Å². The molecule has 19 heavy (non-hydrogen) atoms. The molecule has 1 aliphatic rings. The van der Waals surface area contributed by atoms with Gasteiger partial charge in [-0.1, -0.05) is 15.9 Å². The molecular weight excluding hydrogens is 322 g/mol. The minimum Gasteiger partial charge on any atom is -0.364 e. The van der Waals surface area contributed by atoms with E-state index in [4.69, 9.17) is 0 Å². The molecule has 7 heteroatoms. The van der Waals surface area contributed by atoms with Crippen LogP contribution in [0.3, 0.4) is 0 Å². The van der Waals surface area contributed by atoms with Gasteiger partial charge >= 0.3 is 0 Å². The molecule has 0 aromatic heterocycles. The highest BCUT2D eigenvalue weighted by Crippen LogP contribution is 2.32. The lowest BCUT2D eigenvalue weighted by Gasteiger charge is -2.30. The van der Waals surface area contributed by atoms with E-state index in [1.807, 2.05) is 0 Å². The number of hydrazone groups is 1. The van der Waals surface area contributed by atoms with Gasteiger partial charge in [-0.3, -0.25) is 4.79 Å². The smallest absolute Gasteiger partial charge is 0.287 e. The molecule has 0 bridgehead atoms. The highest BCUT2D eigenvalue weighted by atomic mass is 79.9. The molecule has 0 saturated carbocycles. The zero-order valence-electron chi connectivity index (χ0n) is 9.98. The van der Waals surface area contributed by atoms with E-state index in [9.17, 15) is 18.7 Å². The van der Waals surface area contributed by atoms with E-state index in [1.54, 1.807) is 12.1 Å².